The number of nitrogens with one attached hydrogen (secondary N) is 1. The second-order valence-corrected chi connectivity index (χ2v) is 6.76. The van der Waals surface area contributed by atoms with Gasteiger partial charge in [-0.2, -0.15) is 5.10 Å². The zero-order chi connectivity index (χ0) is 23.8. The number of ether oxygens (including phenoxy) is 4. The first-order valence-corrected chi connectivity index (χ1v) is 9.92. The van der Waals surface area contributed by atoms with Crippen LogP contribution in [0.4, 0.5) is 0 Å². The number of rotatable bonds is 10. The molecule has 3 aromatic rings. The number of methoxy groups -OCH3 is 3. The molecule has 2 aromatic carbocycles. The predicted octanol–water partition coefficient (Wildman–Crippen LogP) is 3.49. The van der Waals surface area contributed by atoms with Crippen molar-refractivity contribution in [1.82, 2.24) is 5.43 Å². The van der Waals surface area contributed by atoms with Crippen LogP contribution in [0.5, 0.6) is 17.2 Å². The van der Waals surface area contributed by atoms with E-state index in [4.69, 9.17) is 18.6 Å². The molecule has 0 aliphatic carbocycles. The van der Waals surface area contributed by atoms with Crippen LogP contribution < -0.4 is 19.6 Å². The smallest absolute Gasteiger partial charge is 0.343 e. The van der Waals surface area contributed by atoms with Gasteiger partial charge in [0.2, 0.25) is 0 Å². The molecule has 3 rings (SSSR count). The van der Waals surface area contributed by atoms with Crippen molar-refractivity contribution in [3.63, 3.8) is 0 Å². The minimum absolute atomic E-state index is 0.100. The molecular formula is C24H24N2O7. The molecule has 1 aromatic heterocycles. The average molecular weight is 452 g/mol. The Morgan fingerprint density at radius 1 is 1.12 bits per heavy atom. The Hall–Kier alpha value is -4.27. The summed E-state index contributed by atoms with van der Waals surface area (Å²) in [7, 11) is 4.29. The number of hydrogen-bond donors (Lipinski definition) is 1. The van der Waals surface area contributed by atoms with Gasteiger partial charge in [0, 0.05) is 10.9 Å². The second-order valence-electron chi connectivity index (χ2n) is 6.76. The molecular weight excluding hydrogens is 428 g/mol. The van der Waals surface area contributed by atoms with Crippen LogP contribution >= 0.6 is 0 Å². The van der Waals surface area contributed by atoms with Crippen LogP contribution in [0.15, 0.2) is 58.6 Å². The number of furan rings is 1. The fourth-order valence-electron chi connectivity index (χ4n) is 3.10. The summed E-state index contributed by atoms with van der Waals surface area (Å²) in [5, 5.41) is 4.75. The number of hydrazone groups is 1. The maximum atomic E-state index is 12.5. The Labute approximate surface area is 190 Å². The molecule has 0 bridgehead atoms. The van der Waals surface area contributed by atoms with Crippen molar-refractivity contribution >= 4 is 29.1 Å². The lowest BCUT2D eigenvalue weighted by molar-refractivity contribution is -0.142. The number of para-hydroxylation sites is 1. The molecule has 1 N–H and O–H groups in total. The van der Waals surface area contributed by atoms with Crippen LogP contribution in [-0.4, -0.2) is 46.0 Å². The fraction of sp³-hybridized carbons (Fsp3) is 0.208. The lowest BCUT2D eigenvalue weighted by Crippen LogP contribution is -2.17. The van der Waals surface area contributed by atoms with E-state index in [1.807, 2.05) is 12.1 Å². The van der Waals surface area contributed by atoms with Gasteiger partial charge in [-0.25, -0.2) is 10.2 Å². The van der Waals surface area contributed by atoms with Crippen molar-refractivity contribution in [2.24, 2.45) is 5.10 Å². The van der Waals surface area contributed by atoms with Gasteiger partial charge < -0.3 is 23.4 Å². The van der Waals surface area contributed by atoms with Crippen molar-refractivity contribution < 1.29 is 33.0 Å². The van der Waals surface area contributed by atoms with Crippen molar-refractivity contribution in [2.75, 3.05) is 27.9 Å². The summed E-state index contributed by atoms with van der Waals surface area (Å²) in [6.45, 7) is 3.48. The summed E-state index contributed by atoms with van der Waals surface area (Å²) in [6.07, 6.45) is 3.61. The Morgan fingerprint density at radius 2 is 1.91 bits per heavy atom. The number of carbonyl (C=O) groups excluding carboxylic acids is 2. The zero-order valence-electron chi connectivity index (χ0n) is 18.5. The third kappa shape index (κ3) is 5.51. The minimum Gasteiger partial charge on any atom is -0.493 e. The lowest BCUT2D eigenvalue weighted by Gasteiger charge is -2.15. The van der Waals surface area contributed by atoms with Gasteiger partial charge in [-0.05, 0) is 36.2 Å². The summed E-state index contributed by atoms with van der Waals surface area (Å²) >= 11 is 0. The molecule has 0 atom stereocenters. The zero-order valence-corrected chi connectivity index (χ0v) is 18.5. The van der Waals surface area contributed by atoms with Gasteiger partial charge >= 0.3 is 11.9 Å². The van der Waals surface area contributed by atoms with Crippen LogP contribution in [0.1, 0.15) is 21.7 Å². The van der Waals surface area contributed by atoms with Crippen molar-refractivity contribution in [2.45, 2.75) is 6.42 Å². The topological polar surface area (TPSA) is 109 Å². The molecule has 0 unspecified atom stereocenters. The number of fused-ring (bicyclic) bond motifs is 1. The molecule has 0 spiro atoms. The van der Waals surface area contributed by atoms with E-state index in [-0.39, 0.29) is 12.4 Å². The monoisotopic (exact) mass is 452 g/mol. The van der Waals surface area contributed by atoms with Gasteiger partial charge in [-0.15, -0.1) is 6.58 Å². The van der Waals surface area contributed by atoms with E-state index in [0.717, 1.165) is 10.9 Å². The number of amides is 1. The van der Waals surface area contributed by atoms with Gasteiger partial charge in [-0.3, -0.25) is 4.79 Å². The van der Waals surface area contributed by atoms with Crippen LogP contribution in [0.2, 0.25) is 0 Å². The number of hydrogen-bond acceptors (Lipinski definition) is 8. The van der Waals surface area contributed by atoms with Crippen molar-refractivity contribution in [1.29, 1.82) is 0 Å². The molecule has 0 saturated carbocycles. The molecule has 33 heavy (non-hydrogen) atoms. The standard InChI is InChI=1S/C24H24N2O7/c1-5-7-16-10-15(11-19(30-3)22(16)32-14-21(27)31-4)13-25-26-24(28)20-12-17-8-6-9-18(29-2)23(17)33-20/h5-6,8-13H,1,7,14H2,2-4H3,(H,26,28). The molecule has 0 aliphatic rings. The Kier molecular flexibility index (Phi) is 7.69. The van der Waals surface area contributed by atoms with Crippen LogP contribution in [0.25, 0.3) is 11.0 Å². The van der Waals surface area contributed by atoms with Crippen molar-refractivity contribution in [3.05, 3.63) is 65.9 Å². The number of allylic oxidation sites excluding steroid dienone is 1. The third-order valence-electron chi connectivity index (χ3n) is 4.63. The maximum Gasteiger partial charge on any atom is 0.343 e. The molecule has 9 heteroatoms. The predicted molar refractivity (Wildman–Crippen MR) is 122 cm³/mol. The summed E-state index contributed by atoms with van der Waals surface area (Å²) in [4.78, 5) is 23.9. The van der Waals surface area contributed by atoms with Gasteiger partial charge in [0.1, 0.15) is 0 Å². The quantitative estimate of drug-likeness (QED) is 0.217. The van der Waals surface area contributed by atoms with Crippen LogP contribution in [-0.2, 0) is 16.0 Å². The van der Waals surface area contributed by atoms with Gasteiger partial charge in [-0.1, -0.05) is 18.2 Å². The molecule has 0 aliphatic heterocycles. The normalized spacial score (nSPS) is 10.8. The molecule has 1 heterocycles. The lowest BCUT2D eigenvalue weighted by atomic mass is 10.1. The highest BCUT2D eigenvalue weighted by molar-refractivity contribution is 5.97. The average Bonchev–Trinajstić information content (AvgIpc) is 3.27. The third-order valence-corrected chi connectivity index (χ3v) is 4.63. The summed E-state index contributed by atoms with van der Waals surface area (Å²) < 4.78 is 26.5. The Morgan fingerprint density at radius 3 is 2.61 bits per heavy atom. The molecule has 1 amide bonds. The number of benzene rings is 2. The van der Waals surface area contributed by atoms with E-state index >= 15 is 0 Å². The van der Waals surface area contributed by atoms with E-state index in [0.29, 0.717) is 34.8 Å². The maximum absolute atomic E-state index is 12.5. The van der Waals surface area contributed by atoms with E-state index < -0.39 is 11.9 Å². The summed E-state index contributed by atoms with van der Waals surface area (Å²) in [5.74, 6) is 0.407. The van der Waals surface area contributed by atoms with Crippen LogP contribution in [0, 0.1) is 0 Å². The number of carbonyl (C=O) groups is 2. The molecule has 172 valence electrons. The van der Waals surface area contributed by atoms with E-state index in [1.165, 1.54) is 27.5 Å². The molecule has 0 radical (unpaired) electrons. The summed E-state index contributed by atoms with van der Waals surface area (Å²) in [5.41, 5.74) is 4.29. The van der Waals surface area contributed by atoms with Gasteiger partial charge in [0.25, 0.3) is 0 Å². The number of esters is 1. The van der Waals surface area contributed by atoms with E-state index in [1.54, 1.807) is 30.3 Å². The Bertz CT molecular complexity index is 1200. The first-order chi connectivity index (χ1) is 16.0. The number of nitrogens with zero attached hydrogens (tertiary/aromatic N) is 1. The second kappa shape index (κ2) is 10.9. The highest BCUT2D eigenvalue weighted by atomic mass is 16.6. The fourth-order valence-corrected chi connectivity index (χ4v) is 3.10. The van der Waals surface area contributed by atoms with Gasteiger partial charge in [0.05, 0.1) is 27.5 Å². The first kappa shape index (κ1) is 23.4. The molecule has 0 saturated heterocycles. The van der Waals surface area contributed by atoms with E-state index in [2.05, 4.69) is 21.8 Å². The highest BCUT2D eigenvalue weighted by Gasteiger charge is 2.16. The SMILES string of the molecule is C=CCc1cc(C=NNC(=O)c2cc3cccc(OC)c3o2)cc(OC)c1OCC(=O)OC. The van der Waals surface area contributed by atoms with Gasteiger partial charge in [0.15, 0.2) is 35.2 Å². The first-order valence-electron chi connectivity index (χ1n) is 9.92. The molecule has 0 fully saturated rings. The Balaban J connectivity index is 1.78. The molecule has 9 nitrogen and oxygen atoms in total. The van der Waals surface area contributed by atoms with Crippen molar-refractivity contribution in [3.8, 4) is 17.2 Å². The largest absolute Gasteiger partial charge is 0.493 e. The van der Waals surface area contributed by atoms with Crippen LogP contribution in [0.3, 0.4) is 0 Å². The minimum atomic E-state index is -0.516. The highest BCUT2D eigenvalue weighted by Crippen LogP contribution is 2.33. The van der Waals surface area contributed by atoms with E-state index in [9.17, 15) is 9.59 Å². The summed E-state index contributed by atoms with van der Waals surface area (Å²) in [6, 6.07) is 10.4.